The predicted molar refractivity (Wildman–Crippen MR) is 144 cm³/mol. The fraction of sp³-hybridized carbons (Fsp3) is 0.321. The molecular weight excluding hydrogens is 549 g/mol. The van der Waals surface area contributed by atoms with E-state index in [4.69, 9.17) is 14.6 Å². The van der Waals surface area contributed by atoms with E-state index in [1.54, 1.807) is 12.1 Å². The number of carboxylic acid groups (broad SMARTS) is 1. The van der Waals surface area contributed by atoms with Crippen LogP contribution in [0.5, 0.6) is 0 Å². The number of halogens is 3. The molecule has 1 amide bonds. The maximum atomic E-state index is 15.5. The van der Waals surface area contributed by atoms with Gasteiger partial charge in [-0.25, -0.2) is 22.9 Å². The summed E-state index contributed by atoms with van der Waals surface area (Å²) in [4.78, 5) is 28.0. The zero-order valence-electron chi connectivity index (χ0n) is 22.3. The molecule has 8 nitrogen and oxygen atoms in total. The lowest BCUT2D eigenvalue weighted by Gasteiger charge is -2.18. The zero-order chi connectivity index (χ0) is 29.4. The number of carbonyl (C=O) groups is 2. The number of hydrogen-bond acceptors (Lipinski definition) is 7. The number of nitrogens with zero attached hydrogens (tertiary/aromatic N) is 1. The van der Waals surface area contributed by atoms with Crippen molar-refractivity contribution < 1.29 is 42.1 Å². The number of amides is 1. The van der Waals surface area contributed by atoms with Gasteiger partial charge >= 0.3 is 5.97 Å². The van der Waals surface area contributed by atoms with Crippen LogP contribution in [0.1, 0.15) is 47.9 Å². The first-order valence-electron chi connectivity index (χ1n) is 12.2. The smallest absolute Gasteiger partial charge is 0.371 e. The Kier molecular flexibility index (Phi) is 10.8. The monoisotopic (exact) mass is 578 g/mol. The van der Waals surface area contributed by atoms with Gasteiger partial charge < -0.3 is 19.3 Å². The second-order valence-electron chi connectivity index (χ2n) is 9.05. The Morgan fingerprint density at radius 1 is 1.15 bits per heavy atom. The van der Waals surface area contributed by atoms with Crippen molar-refractivity contribution in [1.29, 1.82) is 0 Å². The van der Waals surface area contributed by atoms with E-state index in [2.05, 4.69) is 28.9 Å². The first kappa shape index (κ1) is 30.8. The minimum atomic E-state index is -1.52. The van der Waals surface area contributed by atoms with Gasteiger partial charge in [0.25, 0.3) is 5.91 Å². The Balaban J connectivity index is 1.77. The topological polar surface area (TPSA) is 107 Å². The molecule has 1 unspecified atom stereocenters. The molecule has 0 saturated heterocycles. The minimum Gasteiger partial charge on any atom is -0.490 e. The number of carbonyl (C=O) groups excluding carboxylic acids is 1. The normalized spacial score (nSPS) is 12.4. The molecule has 1 heterocycles. The SMILES string of the molecule is CO/C(=C\c1c(F)cc(C(=O)Nc2nc(-c3cccc(C(COCCC(C)C)OC)c3F)cs2)cc1F)C(=O)O. The molecule has 0 radical (unpaired) electrons. The van der Waals surface area contributed by atoms with Gasteiger partial charge in [-0.3, -0.25) is 10.1 Å². The zero-order valence-corrected chi connectivity index (χ0v) is 23.1. The summed E-state index contributed by atoms with van der Waals surface area (Å²) < 4.78 is 60.2. The molecule has 2 N–H and O–H groups in total. The van der Waals surface area contributed by atoms with Crippen LogP contribution in [0.4, 0.5) is 18.3 Å². The van der Waals surface area contributed by atoms with Gasteiger partial charge in [0.1, 0.15) is 23.6 Å². The molecular formula is C28H29F3N2O6S. The molecule has 0 aliphatic rings. The molecule has 1 aromatic heterocycles. The molecule has 1 atom stereocenters. The van der Waals surface area contributed by atoms with E-state index >= 15 is 4.39 Å². The average molecular weight is 579 g/mol. The summed E-state index contributed by atoms with van der Waals surface area (Å²) in [6.07, 6.45) is 0.908. The summed E-state index contributed by atoms with van der Waals surface area (Å²) in [6.45, 7) is 4.86. The molecule has 12 heteroatoms. The first-order valence-corrected chi connectivity index (χ1v) is 13.1. The number of anilines is 1. The quantitative estimate of drug-likeness (QED) is 0.139. The summed E-state index contributed by atoms with van der Waals surface area (Å²) in [5.41, 5.74) is -0.329. The van der Waals surface area contributed by atoms with Crippen molar-refractivity contribution in [3.05, 3.63) is 75.6 Å². The Labute approximate surface area is 233 Å². The van der Waals surface area contributed by atoms with Gasteiger partial charge in [0.2, 0.25) is 5.76 Å². The number of aliphatic carboxylic acids is 1. The van der Waals surface area contributed by atoms with Crippen molar-refractivity contribution in [3.8, 4) is 11.3 Å². The highest BCUT2D eigenvalue weighted by molar-refractivity contribution is 7.14. The fourth-order valence-corrected chi connectivity index (χ4v) is 4.31. The lowest BCUT2D eigenvalue weighted by atomic mass is 10.0. The lowest BCUT2D eigenvalue weighted by Crippen LogP contribution is -2.14. The highest BCUT2D eigenvalue weighted by atomic mass is 32.1. The van der Waals surface area contributed by atoms with Crippen molar-refractivity contribution in [3.63, 3.8) is 0 Å². The maximum Gasteiger partial charge on any atom is 0.371 e. The van der Waals surface area contributed by atoms with Gasteiger partial charge in [-0.1, -0.05) is 26.0 Å². The van der Waals surface area contributed by atoms with E-state index in [9.17, 15) is 18.4 Å². The number of ether oxygens (including phenoxy) is 3. The third-order valence-corrected chi connectivity index (χ3v) is 6.57. The molecule has 0 saturated carbocycles. The number of benzene rings is 2. The molecule has 2 aromatic carbocycles. The van der Waals surface area contributed by atoms with Crippen LogP contribution in [-0.4, -0.2) is 49.4 Å². The third-order valence-electron chi connectivity index (χ3n) is 5.82. The molecule has 40 heavy (non-hydrogen) atoms. The molecule has 3 rings (SSSR count). The highest BCUT2D eigenvalue weighted by Gasteiger charge is 2.21. The lowest BCUT2D eigenvalue weighted by molar-refractivity contribution is -0.135. The van der Waals surface area contributed by atoms with Crippen LogP contribution in [0.15, 0.2) is 41.5 Å². The van der Waals surface area contributed by atoms with Gasteiger partial charge in [0, 0.05) is 47.4 Å². The maximum absolute atomic E-state index is 15.5. The molecule has 3 aromatic rings. The van der Waals surface area contributed by atoms with Gasteiger partial charge in [-0.15, -0.1) is 11.3 Å². The third kappa shape index (κ3) is 7.68. The van der Waals surface area contributed by atoms with Gasteiger partial charge in [-0.2, -0.15) is 0 Å². The van der Waals surface area contributed by atoms with Crippen LogP contribution in [-0.2, 0) is 19.0 Å². The molecule has 214 valence electrons. The minimum absolute atomic E-state index is 0.0717. The number of hydrogen-bond donors (Lipinski definition) is 2. The number of aromatic nitrogens is 1. The number of thiazole rings is 1. The van der Waals surface area contributed by atoms with Crippen LogP contribution in [0.25, 0.3) is 17.3 Å². The van der Waals surface area contributed by atoms with E-state index in [1.807, 2.05) is 0 Å². The van der Waals surface area contributed by atoms with Crippen LogP contribution in [0.2, 0.25) is 0 Å². The fourth-order valence-electron chi connectivity index (χ4n) is 3.61. The Hall–Kier alpha value is -3.74. The van der Waals surface area contributed by atoms with Gasteiger partial charge in [-0.05, 0) is 30.5 Å². The standard InChI is InChI=1S/C28H29F3N2O6S/c1-15(2)8-9-39-13-24(38-4)18-7-5-6-17(25(18)31)22-14-40-28(32-22)33-26(34)16-10-20(29)19(21(30)11-16)12-23(37-3)27(35)36/h5-7,10-12,14-15,24H,8-9,13H2,1-4H3,(H,35,36)(H,32,33,34)/b23-12-. The van der Waals surface area contributed by atoms with Crippen LogP contribution >= 0.6 is 11.3 Å². The summed E-state index contributed by atoms with van der Waals surface area (Å²) >= 11 is 0.997. The number of carboxylic acids is 1. The van der Waals surface area contributed by atoms with Crippen molar-refractivity contribution in [2.45, 2.75) is 26.4 Å². The van der Waals surface area contributed by atoms with E-state index in [1.165, 1.54) is 18.6 Å². The second-order valence-corrected chi connectivity index (χ2v) is 9.91. The number of nitrogens with one attached hydrogen (secondary N) is 1. The molecule has 0 aliphatic carbocycles. The average Bonchev–Trinajstić information content (AvgIpc) is 3.36. The largest absolute Gasteiger partial charge is 0.490 e. The Morgan fingerprint density at radius 3 is 2.45 bits per heavy atom. The van der Waals surface area contributed by atoms with Crippen LogP contribution in [0.3, 0.4) is 0 Å². The molecule has 0 aliphatic heterocycles. The van der Waals surface area contributed by atoms with E-state index in [-0.39, 0.29) is 28.6 Å². The first-order chi connectivity index (χ1) is 19.0. The summed E-state index contributed by atoms with van der Waals surface area (Å²) in [7, 11) is 2.51. The summed E-state index contributed by atoms with van der Waals surface area (Å²) in [5.74, 6) is -5.47. The highest BCUT2D eigenvalue weighted by Crippen LogP contribution is 2.32. The van der Waals surface area contributed by atoms with E-state index in [0.717, 1.165) is 37.0 Å². The van der Waals surface area contributed by atoms with E-state index < -0.39 is 46.8 Å². The summed E-state index contributed by atoms with van der Waals surface area (Å²) in [5, 5.41) is 13.0. The Morgan fingerprint density at radius 2 is 1.85 bits per heavy atom. The van der Waals surface area contributed by atoms with Crippen molar-refractivity contribution >= 4 is 34.4 Å². The van der Waals surface area contributed by atoms with Crippen LogP contribution < -0.4 is 5.32 Å². The Bertz CT molecular complexity index is 1370. The predicted octanol–water partition coefficient (Wildman–Crippen LogP) is 6.30. The van der Waals surface area contributed by atoms with Gasteiger partial charge in [0.15, 0.2) is 5.13 Å². The van der Waals surface area contributed by atoms with E-state index in [0.29, 0.717) is 24.2 Å². The molecule has 0 spiro atoms. The van der Waals surface area contributed by atoms with Gasteiger partial charge in [0.05, 0.1) is 19.4 Å². The number of methoxy groups -OCH3 is 2. The summed E-state index contributed by atoms with van der Waals surface area (Å²) in [6, 6.07) is 6.30. The van der Waals surface area contributed by atoms with Crippen molar-refractivity contribution in [2.24, 2.45) is 5.92 Å². The molecule has 0 fully saturated rings. The molecule has 0 bridgehead atoms. The number of rotatable bonds is 13. The van der Waals surface area contributed by atoms with Crippen LogP contribution in [0, 0.1) is 23.4 Å². The van der Waals surface area contributed by atoms with Crippen molar-refractivity contribution in [1.82, 2.24) is 4.98 Å². The second kappa shape index (κ2) is 14.1. The van der Waals surface area contributed by atoms with Crippen molar-refractivity contribution in [2.75, 3.05) is 32.8 Å².